The Morgan fingerprint density at radius 3 is 2.87 bits per heavy atom. The van der Waals surface area contributed by atoms with Crippen molar-refractivity contribution in [2.45, 2.75) is 0 Å². The predicted octanol–water partition coefficient (Wildman–Crippen LogP) is 1.51. The average molecular weight is 237 g/mol. The van der Waals surface area contributed by atoms with Gasteiger partial charge in [-0.3, -0.25) is 0 Å². The average Bonchev–Trinajstić information content (AvgIpc) is 2.69. The fourth-order valence-corrected chi connectivity index (χ4v) is 1.24. The van der Waals surface area contributed by atoms with Crippen molar-refractivity contribution in [3.8, 4) is 5.82 Å². The molecule has 0 aliphatic rings. The van der Waals surface area contributed by atoms with Gasteiger partial charge in [-0.05, 0) is 6.07 Å². The van der Waals surface area contributed by atoms with Gasteiger partial charge in [0.25, 0.3) is 0 Å². The van der Waals surface area contributed by atoms with Gasteiger partial charge in [0.05, 0.1) is 0 Å². The molecule has 7 heteroatoms. The van der Waals surface area contributed by atoms with E-state index in [2.05, 4.69) is 45.3 Å². The van der Waals surface area contributed by atoms with Gasteiger partial charge in [0.2, 0.25) is 0 Å². The number of hydrogen-bond donors (Lipinski definition) is 2. The Hall–Kier alpha value is -1.34. The number of aromatic nitrogens is 4. The van der Waals surface area contributed by atoms with Crippen LogP contribution in [0.1, 0.15) is 0 Å². The lowest BCUT2D eigenvalue weighted by molar-refractivity contribution is 0.839. The molecule has 0 saturated heterocycles. The van der Waals surface area contributed by atoms with Crippen LogP contribution in [0.3, 0.4) is 0 Å². The highest BCUT2D eigenvalue weighted by atomic mass is 32.2. The molecule has 0 atom stereocenters. The van der Waals surface area contributed by atoms with E-state index in [1.165, 1.54) is 6.33 Å². The molecule has 2 aromatic heterocycles. The molecule has 2 heterocycles. The lowest BCUT2D eigenvalue weighted by Gasteiger charge is -1.99. The Balaban J connectivity index is 2.39. The van der Waals surface area contributed by atoms with Crippen molar-refractivity contribution in [3.05, 3.63) is 30.9 Å². The third-order valence-electron chi connectivity index (χ3n) is 1.59. The molecule has 76 valence electrons. The topological polar surface area (TPSA) is 56.0 Å². The van der Waals surface area contributed by atoms with Crippen LogP contribution in [0.4, 0.5) is 5.82 Å². The second-order valence-electron chi connectivity index (χ2n) is 2.60. The van der Waals surface area contributed by atoms with E-state index in [1.54, 1.807) is 23.1 Å². The third-order valence-corrected chi connectivity index (χ3v) is 1.79. The number of aliphatic imine (C=N–C) groups is 1. The van der Waals surface area contributed by atoms with E-state index >= 15 is 0 Å². The number of rotatable bonds is 2. The van der Waals surface area contributed by atoms with Crippen molar-refractivity contribution in [2.75, 3.05) is 0 Å². The summed E-state index contributed by atoms with van der Waals surface area (Å²) in [6.07, 6.45) is 4.88. The normalized spacial score (nSPS) is 10.0. The van der Waals surface area contributed by atoms with Crippen LogP contribution in [-0.4, -0.2) is 24.1 Å². The second kappa shape index (κ2) is 4.45. The molecule has 0 aliphatic heterocycles. The second-order valence-corrected chi connectivity index (χ2v) is 3.80. The van der Waals surface area contributed by atoms with Gasteiger partial charge in [0, 0.05) is 18.5 Å². The fraction of sp³-hybridized carbons (Fsp3) is 0. The Morgan fingerprint density at radius 1 is 1.33 bits per heavy atom. The lowest BCUT2D eigenvalue weighted by atomic mass is 10.5. The predicted molar refractivity (Wildman–Crippen MR) is 64.2 cm³/mol. The summed E-state index contributed by atoms with van der Waals surface area (Å²) >= 11 is 7.90. The fourth-order valence-electron chi connectivity index (χ4n) is 1.03. The molecular weight excluding hydrogens is 230 g/mol. The van der Waals surface area contributed by atoms with Crippen molar-refractivity contribution in [1.29, 1.82) is 0 Å². The summed E-state index contributed by atoms with van der Waals surface area (Å²) in [6, 6.07) is 3.51. The standard InChI is InChI=1S/C8H7N5S2/c14-8(15)12-6-4-7(10-5-9-6)13-3-1-2-11-13/h1-5H,(H2,9,10,12,14,15). The summed E-state index contributed by atoms with van der Waals surface area (Å²) in [5.74, 6) is 1.15. The minimum atomic E-state index is 0.347. The minimum Gasteiger partial charge on any atom is -0.222 e. The zero-order valence-corrected chi connectivity index (χ0v) is 9.31. The van der Waals surface area contributed by atoms with Crippen molar-refractivity contribution < 1.29 is 0 Å². The SMILES string of the molecule is SC(S)=Nc1cc(-n2cccn2)ncn1. The summed E-state index contributed by atoms with van der Waals surface area (Å²) in [7, 11) is 0. The molecule has 15 heavy (non-hydrogen) atoms. The van der Waals surface area contributed by atoms with E-state index in [4.69, 9.17) is 0 Å². The Labute approximate surface area is 97.1 Å². The van der Waals surface area contributed by atoms with E-state index in [0.717, 1.165) is 0 Å². The van der Waals surface area contributed by atoms with Crippen LogP contribution < -0.4 is 0 Å². The highest BCUT2D eigenvalue weighted by molar-refractivity contribution is 8.23. The highest BCUT2D eigenvalue weighted by Gasteiger charge is 1.99. The van der Waals surface area contributed by atoms with E-state index in [0.29, 0.717) is 16.0 Å². The first-order valence-electron chi connectivity index (χ1n) is 4.04. The lowest BCUT2D eigenvalue weighted by Crippen LogP contribution is -1.97. The zero-order valence-electron chi connectivity index (χ0n) is 7.52. The first kappa shape index (κ1) is 10.2. The highest BCUT2D eigenvalue weighted by Crippen LogP contribution is 2.12. The van der Waals surface area contributed by atoms with Crippen molar-refractivity contribution in [3.63, 3.8) is 0 Å². The van der Waals surface area contributed by atoms with Crippen LogP contribution in [0.2, 0.25) is 0 Å². The smallest absolute Gasteiger partial charge is 0.159 e. The molecule has 0 aliphatic carbocycles. The molecule has 0 radical (unpaired) electrons. The first-order chi connectivity index (χ1) is 7.25. The van der Waals surface area contributed by atoms with Crippen LogP contribution in [-0.2, 0) is 0 Å². The molecule has 0 bridgehead atoms. The molecule has 0 amide bonds. The molecule has 5 nitrogen and oxygen atoms in total. The molecule has 2 rings (SSSR count). The largest absolute Gasteiger partial charge is 0.222 e. The van der Waals surface area contributed by atoms with Gasteiger partial charge in [0.15, 0.2) is 11.6 Å². The minimum absolute atomic E-state index is 0.347. The summed E-state index contributed by atoms with van der Waals surface area (Å²) in [5, 5.41) is 4.05. The van der Waals surface area contributed by atoms with Crippen molar-refractivity contribution in [2.24, 2.45) is 4.99 Å². The maximum absolute atomic E-state index is 4.06. The summed E-state index contributed by atoms with van der Waals surface area (Å²) < 4.78 is 1.97. The monoisotopic (exact) mass is 237 g/mol. The quantitative estimate of drug-likeness (QED) is 0.473. The molecule has 0 aromatic carbocycles. The number of hydrogen-bond acceptors (Lipinski definition) is 4. The van der Waals surface area contributed by atoms with Crippen LogP contribution in [0.15, 0.2) is 35.8 Å². The van der Waals surface area contributed by atoms with Gasteiger partial charge in [0.1, 0.15) is 10.7 Å². The summed E-state index contributed by atoms with van der Waals surface area (Å²) in [4.78, 5) is 12.0. The Morgan fingerprint density at radius 2 is 2.20 bits per heavy atom. The third kappa shape index (κ3) is 2.57. The summed E-state index contributed by atoms with van der Waals surface area (Å²) in [6.45, 7) is 0. The summed E-state index contributed by atoms with van der Waals surface area (Å²) in [5.41, 5.74) is 0. The van der Waals surface area contributed by atoms with Gasteiger partial charge in [-0.25, -0.2) is 19.6 Å². The van der Waals surface area contributed by atoms with E-state index in [1.807, 2.05) is 6.07 Å². The first-order valence-corrected chi connectivity index (χ1v) is 4.94. The zero-order chi connectivity index (χ0) is 10.7. The van der Waals surface area contributed by atoms with Crippen LogP contribution >= 0.6 is 25.3 Å². The molecule has 0 fully saturated rings. The van der Waals surface area contributed by atoms with Gasteiger partial charge in [-0.1, -0.05) is 0 Å². The number of thiol groups is 2. The molecule has 0 saturated carbocycles. The van der Waals surface area contributed by atoms with E-state index in [-0.39, 0.29) is 0 Å². The van der Waals surface area contributed by atoms with E-state index < -0.39 is 0 Å². The molecule has 0 N–H and O–H groups in total. The van der Waals surface area contributed by atoms with Crippen LogP contribution in [0.25, 0.3) is 5.82 Å². The van der Waals surface area contributed by atoms with Crippen molar-refractivity contribution >= 4 is 35.5 Å². The number of nitrogens with zero attached hydrogens (tertiary/aromatic N) is 5. The van der Waals surface area contributed by atoms with Gasteiger partial charge in [-0.15, -0.1) is 25.3 Å². The Bertz CT molecular complexity index is 476. The Kier molecular flexibility index (Phi) is 3.02. The van der Waals surface area contributed by atoms with Crippen LogP contribution in [0.5, 0.6) is 0 Å². The molecule has 0 spiro atoms. The van der Waals surface area contributed by atoms with Gasteiger partial charge >= 0.3 is 0 Å². The van der Waals surface area contributed by atoms with E-state index in [9.17, 15) is 0 Å². The van der Waals surface area contributed by atoms with Crippen LogP contribution in [0, 0.1) is 0 Å². The molecular formula is C8H7N5S2. The maximum atomic E-state index is 4.06. The molecule has 0 unspecified atom stereocenters. The van der Waals surface area contributed by atoms with Crippen molar-refractivity contribution in [1.82, 2.24) is 19.7 Å². The van der Waals surface area contributed by atoms with Gasteiger partial charge < -0.3 is 0 Å². The van der Waals surface area contributed by atoms with Gasteiger partial charge in [-0.2, -0.15) is 5.10 Å². The molecule has 2 aromatic rings. The maximum Gasteiger partial charge on any atom is 0.159 e.